The lowest BCUT2D eigenvalue weighted by Gasteiger charge is -2.28. The van der Waals surface area contributed by atoms with Crippen molar-refractivity contribution >= 4 is 35.5 Å². The number of nitrogens with one attached hydrogen (secondary N) is 3. The Morgan fingerprint density at radius 2 is 1.67 bits per heavy atom. The molecule has 10 nitrogen and oxygen atoms in total. The smallest absolute Gasteiger partial charge is 0.305 e. The lowest BCUT2D eigenvalue weighted by molar-refractivity contribution is -0.142. The van der Waals surface area contributed by atoms with Gasteiger partial charge in [-0.15, -0.1) is 11.8 Å². The second kappa shape index (κ2) is 14.4. The zero-order valence-corrected chi connectivity index (χ0v) is 20.1. The van der Waals surface area contributed by atoms with Gasteiger partial charge in [-0.1, -0.05) is 13.8 Å². The van der Waals surface area contributed by atoms with Gasteiger partial charge in [0.15, 0.2) is 0 Å². The fraction of sp³-hybridized carbons (Fsp3) is 0.545. The molecule has 0 aliphatic carbocycles. The standard InChI is InChI=1S/C22H33N3O7S/c1-13(2)11-16(20(28)24-18(22(30)23-3)9-10-19(27)32-4)17(21(29)25-31)12-33-15-7-5-14(26)6-8-15/h5-8,13,16-18,26,31H,9-12H2,1-4H3,(H,23,30)(H,24,28)(H,25,29). The Morgan fingerprint density at radius 3 is 2.18 bits per heavy atom. The predicted molar refractivity (Wildman–Crippen MR) is 122 cm³/mol. The van der Waals surface area contributed by atoms with E-state index in [0.29, 0.717) is 6.42 Å². The van der Waals surface area contributed by atoms with Crippen molar-refractivity contribution in [1.82, 2.24) is 16.1 Å². The van der Waals surface area contributed by atoms with E-state index in [1.54, 1.807) is 17.6 Å². The van der Waals surface area contributed by atoms with Gasteiger partial charge in [0.05, 0.1) is 18.9 Å². The van der Waals surface area contributed by atoms with E-state index in [1.165, 1.54) is 38.1 Å². The van der Waals surface area contributed by atoms with Gasteiger partial charge in [0.2, 0.25) is 17.7 Å². The maximum atomic E-state index is 13.2. The van der Waals surface area contributed by atoms with E-state index in [9.17, 15) is 29.5 Å². The lowest BCUT2D eigenvalue weighted by Crippen LogP contribution is -2.51. The number of hydroxylamine groups is 1. The number of hydrogen-bond donors (Lipinski definition) is 5. The van der Waals surface area contributed by atoms with Gasteiger partial charge in [-0.25, -0.2) is 5.48 Å². The second-order valence-corrected chi connectivity index (χ2v) is 9.01. The van der Waals surface area contributed by atoms with Crippen LogP contribution in [-0.2, 0) is 23.9 Å². The van der Waals surface area contributed by atoms with Crippen LogP contribution in [-0.4, -0.2) is 60.0 Å². The number of esters is 1. The third kappa shape index (κ3) is 9.70. The van der Waals surface area contributed by atoms with Crippen LogP contribution in [0.1, 0.15) is 33.1 Å². The van der Waals surface area contributed by atoms with Gasteiger partial charge >= 0.3 is 5.97 Å². The Balaban J connectivity index is 3.08. The molecular formula is C22H33N3O7S. The van der Waals surface area contributed by atoms with Gasteiger partial charge in [-0.2, -0.15) is 0 Å². The summed E-state index contributed by atoms with van der Waals surface area (Å²) in [5, 5.41) is 23.8. The predicted octanol–water partition coefficient (Wildman–Crippen LogP) is 1.45. The molecule has 11 heteroatoms. The molecule has 0 spiro atoms. The molecule has 0 aliphatic rings. The van der Waals surface area contributed by atoms with Crippen molar-refractivity contribution in [2.45, 2.75) is 44.0 Å². The molecule has 1 aromatic rings. The summed E-state index contributed by atoms with van der Waals surface area (Å²) in [5.74, 6) is -3.65. The van der Waals surface area contributed by atoms with E-state index in [0.717, 1.165) is 4.90 Å². The van der Waals surface area contributed by atoms with E-state index >= 15 is 0 Å². The van der Waals surface area contributed by atoms with Crippen molar-refractivity contribution in [3.8, 4) is 5.75 Å². The first-order valence-corrected chi connectivity index (χ1v) is 11.6. The van der Waals surface area contributed by atoms with Crippen LogP contribution >= 0.6 is 11.8 Å². The average molecular weight is 484 g/mol. The molecule has 0 saturated carbocycles. The number of carbonyl (C=O) groups excluding carboxylic acids is 4. The first kappa shape index (κ1) is 28.2. The number of phenols is 1. The largest absolute Gasteiger partial charge is 0.508 e. The Kier molecular flexibility index (Phi) is 12.3. The second-order valence-electron chi connectivity index (χ2n) is 7.91. The molecule has 184 valence electrons. The van der Waals surface area contributed by atoms with E-state index < -0.39 is 41.6 Å². The minimum absolute atomic E-state index is 0.0333. The Hall–Kier alpha value is -2.79. The minimum Gasteiger partial charge on any atom is -0.508 e. The molecule has 0 heterocycles. The van der Waals surface area contributed by atoms with Gasteiger partial charge in [-0.3, -0.25) is 24.4 Å². The van der Waals surface area contributed by atoms with Gasteiger partial charge in [-0.05, 0) is 43.0 Å². The van der Waals surface area contributed by atoms with Crippen molar-refractivity contribution in [3.05, 3.63) is 24.3 Å². The van der Waals surface area contributed by atoms with Crippen molar-refractivity contribution < 1.29 is 34.2 Å². The molecule has 1 rings (SSSR count). The SMILES string of the molecule is CNC(=O)C(CCC(=O)OC)NC(=O)C(CC(C)C)C(CSc1ccc(O)cc1)C(=O)NO. The van der Waals surface area contributed by atoms with Crippen LogP contribution < -0.4 is 16.1 Å². The van der Waals surface area contributed by atoms with E-state index in [2.05, 4.69) is 15.4 Å². The van der Waals surface area contributed by atoms with Gasteiger partial charge in [0.25, 0.3) is 0 Å². The summed E-state index contributed by atoms with van der Waals surface area (Å²) in [6.45, 7) is 3.80. The third-order valence-electron chi connectivity index (χ3n) is 5.01. The number of benzene rings is 1. The first-order valence-electron chi connectivity index (χ1n) is 10.6. The molecule has 0 radical (unpaired) electrons. The molecule has 33 heavy (non-hydrogen) atoms. The van der Waals surface area contributed by atoms with Crippen LogP contribution in [0.25, 0.3) is 0 Å². The Bertz CT molecular complexity index is 802. The fourth-order valence-corrected chi connectivity index (χ4v) is 4.32. The number of phenolic OH excluding ortho intramolecular Hbond substituents is 1. The molecule has 0 aromatic heterocycles. The fourth-order valence-electron chi connectivity index (χ4n) is 3.23. The highest BCUT2D eigenvalue weighted by Crippen LogP contribution is 2.29. The highest BCUT2D eigenvalue weighted by atomic mass is 32.2. The number of likely N-dealkylation sites (N-methyl/N-ethyl adjacent to an activating group) is 1. The lowest BCUT2D eigenvalue weighted by atomic mass is 9.84. The molecule has 3 unspecified atom stereocenters. The van der Waals surface area contributed by atoms with E-state index in [1.807, 2.05) is 13.8 Å². The van der Waals surface area contributed by atoms with Crippen molar-refractivity contribution in [1.29, 1.82) is 0 Å². The van der Waals surface area contributed by atoms with Crippen molar-refractivity contribution in [3.63, 3.8) is 0 Å². The summed E-state index contributed by atoms with van der Waals surface area (Å²) in [6.07, 6.45) is 0.296. The Labute approximate surface area is 197 Å². The summed E-state index contributed by atoms with van der Waals surface area (Å²) in [7, 11) is 2.65. The average Bonchev–Trinajstić information content (AvgIpc) is 2.80. The van der Waals surface area contributed by atoms with Crippen molar-refractivity contribution in [2.24, 2.45) is 17.8 Å². The maximum Gasteiger partial charge on any atom is 0.305 e. The quantitative estimate of drug-likeness (QED) is 0.122. The molecule has 0 saturated heterocycles. The number of aromatic hydroxyl groups is 1. The van der Waals surface area contributed by atoms with Gasteiger partial charge < -0.3 is 20.5 Å². The van der Waals surface area contributed by atoms with Crippen LogP contribution in [0.2, 0.25) is 0 Å². The third-order valence-corrected chi connectivity index (χ3v) is 6.14. The van der Waals surface area contributed by atoms with Gasteiger partial charge in [0, 0.05) is 24.1 Å². The zero-order valence-electron chi connectivity index (χ0n) is 19.3. The summed E-state index contributed by atoms with van der Waals surface area (Å²) in [4.78, 5) is 50.3. The summed E-state index contributed by atoms with van der Waals surface area (Å²) in [6, 6.07) is 5.40. The van der Waals surface area contributed by atoms with Crippen LogP contribution in [0.3, 0.4) is 0 Å². The topological polar surface area (TPSA) is 154 Å². The van der Waals surface area contributed by atoms with Gasteiger partial charge in [0.1, 0.15) is 11.8 Å². The summed E-state index contributed by atoms with van der Waals surface area (Å²) < 4.78 is 4.60. The van der Waals surface area contributed by atoms with Crippen LogP contribution in [0.15, 0.2) is 29.2 Å². The molecule has 0 aliphatic heterocycles. The highest BCUT2D eigenvalue weighted by Gasteiger charge is 2.36. The summed E-state index contributed by atoms with van der Waals surface area (Å²) in [5.41, 5.74) is 1.64. The summed E-state index contributed by atoms with van der Waals surface area (Å²) >= 11 is 1.30. The maximum absolute atomic E-state index is 13.2. The number of methoxy groups -OCH3 is 1. The molecule has 0 bridgehead atoms. The number of ether oxygens (including phenoxy) is 1. The van der Waals surface area contributed by atoms with Crippen LogP contribution in [0.5, 0.6) is 5.75 Å². The molecule has 1 aromatic carbocycles. The number of carbonyl (C=O) groups is 4. The number of hydrogen-bond acceptors (Lipinski definition) is 8. The normalized spacial score (nSPS) is 13.5. The molecule has 5 N–H and O–H groups in total. The molecular weight excluding hydrogens is 450 g/mol. The number of amides is 3. The molecule has 3 atom stereocenters. The highest BCUT2D eigenvalue weighted by molar-refractivity contribution is 7.99. The number of rotatable bonds is 13. The molecule has 3 amide bonds. The molecule has 0 fully saturated rings. The van der Waals surface area contributed by atoms with E-state index in [4.69, 9.17) is 0 Å². The van der Waals surface area contributed by atoms with E-state index in [-0.39, 0.29) is 30.3 Å². The van der Waals surface area contributed by atoms with Crippen molar-refractivity contribution in [2.75, 3.05) is 19.9 Å². The van der Waals surface area contributed by atoms with Crippen LogP contribution in [0, 0.1) is 17.8 Å². The first-order chi connectivity index (χ1) is 15.6. The Morgan fingerprint density at radius 1 is 1.03 bits per heavy atom. The number of thioether (sulfide) groups is 1. The monoisotopic (exact) mass is 483 g/mol. The minimum atomic E-state index is -0.987. The zero-order chi connectivity index (χ0) is 25.0. The van der Waals surface area contributed by atoms with Crippen LogP contribution in [0.4, 0.5) is 0 Å².